The summed E-state index contributed by atoms with van der Waals surface area (Å²) in [6.07, 6.45) is 4.49. The lowest BCUT2D eigenvalue weighted by atomic mass is 9.84. The van der Waals surface area contributed by atoms with Crippen LogP contribution in [-0.4, -0.2) is 59.2 Å². The van der Waals surface area contributed by atoms with Crippen LogP contribution in [0.1, 0.15) is 53.6 Å². The van der Waals surface area contributed by atoms with E-state index >= 15 is 0 Å². The van der Waals surface area contributed by atoms with Crippen LogP contribution in [0.2, 0.25) is 0 Å². The van der Waals surface area contributed by atoms with Crippen molar-refractivity contribution in [1.82, 2.24) is 20.4 Å². The number of benzene rings is 1. The Morgan fingerprint density at radius 3 is 2.86 bits per heavy atom. The second-order valence-corrected chi connectivity index (χ2v) is 8.78. The smallest absolute Gasteiger partial charge is 0.255 e. The third-order valence-corrected chi connectivity index (χ3v) is 7.13. The first kappa shape index (κ1) is 18.8. The standard InChI is InChI=1S/C22H28N4O3/c27-20-7-6-18(21(28)24-20)26-13-17-15(3-1-5-16(17)22(26)29)12-25-10-2-4-14-8-9-23-11-19(14)25/h1,3,5,14,18-19,23H,2,4,6-13H2,(H,24,27,28). The van der Waals surface area contributed by atoms with Crippen molar-refractivity contribution in [1.29, 1.82) is 0 Å². The number of carbonyl (C=O) groups is 3. The highest BCUT2D eigenvalue weighted by Crippen LogP contribution is 2.33. The van der Waals surface area contributed by atoms with Crippen LogP contribution in [0.25, 0.3) is 0 Å². The zero-order valence-corrected chi connectivity index (χ0v) is 16.7. The minimum Gasteiger partial charge on any atom is -0.322 e. The molecule has 0 bridgehead atoms. The fraction of sp³-hybridized carbons (Fsp3) is 0.591. The van der Waals surface area contributed by atoms with Gasteiger partial charge in [-0.05, 0) is 61.9 Å². The van der Waals surface area contributed by atoms with Crippen LogP contribution in [0.5, 0.6) is 0 Å². The second-order valence-electron chi connectivity index (χ2n) is 8.78. The zero-order chi connectivity index (χ0) is 20.0. The molecule has 29 heavy (non-hydrogen) atoms. The van der Waals surface area contributed by atoms with Gasteiger partial charge in [-0.15, -0.1) is 0 Å². The average Bonchev–Trinajstić information content (AvgIpc) is 3.06. The Balaban J connectivity index is 1.37. The predicted molar refractivity (Wildman–Crippen MR) is 107 cm³/mol. The van der Waals surface area contributed by atoms with E-state index in [-0.39, 0.29) is 24.1 Å². The maximum atomic E-state index is 13.0. The van der Waals surface area contributed by atoms with E-state index in [4.69, 9.17) is 0 Å². The van der Waals surface area contributed by atoms with Gasteiger partial charge in [0.25, 0.3) is 5.91 Å². The molecule has 0 aliphatic carbocycles. The zero-order valence-electron chi connectivity index (χ0n) is 16.7. The molecule has 0 radical (unpaired) electrons. The third-order valence-electron chi connectivity index (χ3n) is 7.13. The molecule has 3 fully saturated rings. The maximum Gasteiger partial charge on any atom is 0.255 e. The molecule has 0 spiro atoms. The topological polar surface area (TPSA) is 81.8 Å². The number of nitrogens with one attached hydrogen (secondary N) is 2. The average molecular weight is 396 g/mol. The molecule has 0 saturated carbocycles. The number of hydrogen-bond acceptors (Lipinski definition) is 5. The van der Waals surface area contributed by atoms with E-state index in [2.05, 4.69) is 21.6 Å². The minimum atomic E-state index is -0.553. The third kappa shape index (κ3) is 3.36. The Hall–Kier alpha value is -2.25. The highest BCUT2D eigenvalue weighted by atomic mass is 16.2. The molecule has 4 aliphatic heterocycles. The summed E-state index contributed by atoms with van der Waals surface area (Å²) in [7, 11) is 0. The van der Waals surface area contributed by atoms with Crippen molar-refractivity contribution < 1.29 is 14.4 Å². The van der Waals surface area contributed by atoms with Gasteiger partial charge < -0.3 is 10.2 Å². The van der Waals surface area contributed by atoms with Crippen molar-refractivity contribution in [3.8, 4) is 0 Å². The Morgan fingerprint density at radius 1 is 1.10 bits per heavy atom. The van der Waals surface area contributed by atoms with Crippen LogP contribution in [0.3, 0.4) is 0 Å². The summed E-state index contributed by atoms with van der Waals surface area (Å²) < 4.78 is 0. The largest absolute Gasteiger partial charge is 0.322 e. The molecule has 3 atom stereocenters. The van der Waals surface area contributed by atoms with Gasteiger partial charge in [-0.1, -0.05) is 12.1 Å². The van der Waals surface area contributed by atoms with Gasteiger partial charge in [-0.3, -0.25) is 24.6 Å². The Bertz CT molecular complexity index is 852. The number of hydrogen-bond donors (Lipinski definition) is 2. The van der Waals surface area contributed by atoms with Crippen LogP contribution < -0.4 is 10.6 Å². The molecule has 154 valence electrons. The summed E-state index contributed by atoms with van der Waals surface area (Å²) in [5.41, 5.74) is 2.95. The molecule has 7 nitrogen and oxygen atoms in total. The monoisotopic (exact) mass is 396 g/mol. The Labute approximate surface area is 170 Å². The molecular formula is C22H28N4O3. The first-order valence-corrected chi connectivity index (χ1v) is 10.8. The van der Waals surface area contributed by atoms with Gasteiger partial charge in [-0.2, -0.15) is 0 Å². The van der Waals surface area contributed by atoms with E-state index in [0.29, 0.717) is 24.6 Å². The number of fused-ring (bicyclic) bond motifs is 2. The molecule has 1 aromatic rings. The molecule has 3 saturated heterocycles. The molecule has 4 aliphatic rings. The van der Waals surface area contributed by atoms with E-state index in [9.17, 15) is 14.4 Å². The molecule has 1 aromatic carbocycles. The van der Waals surface area contributed by atoms with Crippen molar-refractivity contribution in [3.63, 3.8) is 0 Å². The van der Waals surface area contributed by atoms with E-state index in [0.717, 1.165) is 37.7 Å². The molecule has 3 unspecified atom stereocenters. The van der Waals surface area contributed by atoms with Gasteiger partial charge in [0, 0.05) is 37.7 Å². The van der Waals surface area contributed by atoms with Crippen LogP contribution in [0.15, 0.2) is 18.2 Å². The highest BCUT2D eigenvalue weighted by molar-refractivity contribution is 6.05. The number of likely N-dealkylation sites (tertiary alicyclic amines) is 1. The fourth-order valence-corrected chi connectivity index (χ4v) is 5.60. The maximum absolute atomic E-state index is 13.0. The van der Waals surface area contributed by atoms with Crippen molar-refractivity contribution in [2.24, 2.45) is 5.92 Å². The SMILES string of the molecule is O=C1CCC(N2Cc3c(CN4CCCC5CCNCC54)cccc3C2=O)C(=O)N1. The van der Waals surface area contributed by atoms with Gasteiger partial charge in [0.1, 0.15) is 6.04 Å². The van der Waals surface area contributed by atoms with Crippen LogP contribution in [-0.2, 0) is 22.7 Å². The van der Waals surface area contributed by atoms with E-state index in [1.54, 1.807) is 4.90 Å². The summed E-state index contributed by atoms with van der Waals surface area (Å²) in [5.74, 6) is 0.0727. The first-order chi connectivity index (χ1) is 14.1. The lowest BCUT2D eigenvalue weighted by molar-refractivity contribution is -0.136. The number of amides is 3. The summed E-state index contributed by atoms with van der Waals surface area (Å²) in [6, 6.07) is 5.97. The lowest BCUT2D eigenvalue weighted by Gasteiger charge is -2.44. The molecular weight excluding hydrogens is 368 g/mol. The van der Waals surface area contributed by atoms with Gasteiger partial charge in [0.05, 0.1) is 0 Å². The van der Waals surface area contributed by atoms with Crippen molar-refractivity contribution in [3.05, 3.63) is 34.9 Å². The van der Waals surface area contributed by atoms with E-state index < -0.39 is 6.04 Å². The number of carbonyl (C=O) groups excluding carboxylic acids is 3. The Morgan fingerprint density at radius 2 is 2.00 bits per heavy atom. The first-order valence-electron chi connectivity index (χ1n) is 10.8. The van der Waals surface area contributed by atoms with Crippen LogP contribution in [0, 0.1) is 5.92 Å². The minimum absolute atomic E-state index is 0.0906. The number of imide groups is 1. The van der Waals surface area contributed by atoms with Crippen molar-refractivity contribution >= 4 is 17.7 Å². The molecule has 7 heteroatoms. The predicted octanol–water partition coefficient (Wildman–Crippen LogP) is 1.02. The summed E-state index contributed by atoms with van der Waals surface area (Å²) in [4.78, 5) is 41.0. The molecule has 3 amide bonds. The summed E-state index contributed by atoms with van der Waals surface area (Å²) in [6.45, 7) is 4.56. The number of rotatable bonds is 3. The lowest BCUT2D eigenvalue weighted by Crippen LogP contribution is -2.53. The van der Waals surface area contributed by atoms with E-state index in [1.165, 1.54) is 24.8 Å². The van der Waals surface area contributed by atoms with Crippen molar-refractivity contribution in [2.75, 3.05) is 19.6 Å². The number of nitrogens with zero attached hydrogens (tertiary/aromatic N) is 2. The molecule has 0 aromatic heterocycles. The van der Waals surface area contributed by atoms with Crippen molar-refractivity contribution in [2.45, 2.75) is 57.3 Å². The Kier molecular flexibility index (Phi) is 4.87. The van der Waals surface area contributed by atoms with E-state index in [1.807, 2.05) is 12.1 Å². The number of piperidine rings is 3. The van der Waals surface area contributed by atoms with Crippen LogP contribution >= 0.6 is 0 Å². The fourth-order valence-electron chi connectivity index (χ4n) is 5.60. The second kappa shape index (κ2) is 7.54. The summed E-state index contributed by atoms with van der Waals surface area (Å²) in [5, 5.41) is 5.92. The van der Waals surface area contributed by atoms with Gasteiger partial charge in [-0.25, -0.2) is 0 Å². The molecule has 2 N–H and O–H groups in total. The molecule has 5 rings (SSSR count). The van der Waals surface area contributed by atoms with Gasteiger partial charge >= 0.3 is 0 Å². The quantitative estimate of drug-likeness (QED) is 0.746. The molecule has 4 heterocycles. The summed E-state index contributed by atoms with van der Waals surface area (Å²) >= 11 is 0. The highest BCUT2D eigenvalue weighted by Gasteiger charge is 2.40. The van der Waals surface area contributed by atoms with Crippen LogP contribution in [0.4, 0.5) is 0 Å². The van der Waals surface area contributed by atoms with Gasteiger partial charge in [0.2, 0.25) is 11.8 Å². The normalized spacial score (nSPS) is 30.1. The van der Waals surface area contributed by atoms with Gasteiger partial charge in [0.15, 0.2) is 0 Å².